The van der Waals surface area contributed by atoms with Crippen molar-refractivity contribution in [3.05, 3.63) is 23.9 Å². The topological polar surface area (TPSA) is 80.8 Å². The minimum absolute atomic E-state index is 0.000667. The van der Waals surface area contributed by atoms with Gasteiger partial charge in [0.25, 0.3) is 0 Å². The summed E-state index contributed by atoms with van der Waals surface area (Å²) in [6.45, 7) is 3.30. The minimum atomic E-state index is -0.197. The standard InChI is InChI=1S/C17H23N3O4/c1-11(21)20-7-5-13(10-20)17(22)19-14-6-8-24-16(14)12-3-4-15(23-2)18-9-12/h3-4,9,13-14,16H,5-8,10H2,1-2H3,(H,19,22)/t13-,14+,16-/m1/s1. The molecule has 2 amide bonds. The van der Waals surface area contributed by atoms with Crippen LogP contribution >= 0.6 is 0 Å². The van der Waals surface area contributed by atoms with Crippen LogP contribution in [0.4, 0.5) is 0 Å². The highest BCUT2D eigenvalue weighted by molar-refractivity contribution is 5.81. The quantitative estimate of drug-likeness (QED) is 0.886. The van der Waals surface area contributed by atoms with Crippen LogP contribution in [0.25, 0.3) is 0 Å². The highest BCUT2D eigenvalue weighted by Gasteiger charge is 2.35. The van der Waals surface area contributed by atoms with E-state index in [1.54, 1.807) is 24.3 Å². The molecule has 0 saturated carbocycles. The molecule has 3 atom stereocenters. The molecular formula is C17H23N3O4. The predicted molar refractivity (Wildman–Crippen MR) is 86.4 cm³/mol. The van der Waals surface area contributed by atoms with Crippen LogP contribution in [-0.4, -0.2) is 54.5 Å². The second-order valence-corrected chi connectivity index (χ2v) is 6.28. The molecule has 0 bridgehead atoms. The molecule has 2 aliphatic heterocycles. The van der Waals surface area contributed by atoms with E-state index in [9.17, 15) is 9.59 Å². The van der Waals surface area contributed by atoms with Crippen LogP contribution in [0.5, 0.6) is 5.88 Å². The highest BCUT2D eigenvalue weighted by Crippen LogP contribution is 2.30. The summed E-state index contributed by atoms with van der Waals surface area (Å²) in [5.74, 6) is 0.439. The van der Waals surface area contributed by atoms with Crippen molar-refractivity contribution in [2.24, 2.45) is 5.92 Å². The number of pyridine rings is 1. The molecule has 2 aliphatic rings. The number of carbonyl (C=O) groups is 2. The Morgan fingerprint density at radius 2 is 2.21 bits per heavy atom. The number of hydrogen-bond acceptors (Lipinski definition) is 5. The van der Waals surface area contributed by atoms with Crippen molar-refractivity contribution in [1.82, 2.24) is 15.2 Å². The molecule has 0 unspecified atom stereocenters. The van der Waals surface area contributed by atoms with Crippen molar-refractivity contribution >= 4 is 11.8 Å². The van der Waals surface area contributed by atoms with E-state index >= 15 is 0 Å². The van der Waals surface area contributed by atoms with Crippen LogP contribution in [0, 0.1) is 5.92 Å². The number of nitrogens with one attached hydrogen (secondary N) is 1. The minimum Gasteiger partial charge on any atom is -0.481 e. The van der Waals surface area contributed by atoms with Gasteiger partial charge in [-0.2, -0.15) is 0 Å². The first-order valence-corrected chi connectivity index (χ1v) is 8.26. The fraction of sp³-hybridized carbons (Fsp3) is 0.588. The Bertz CT molecular complexity index is 604. The summed E-state index contributed by atoms with van der Waals surface area (Å²) < 4.78 is 10.9. The van der Waals surface area contributed by atoms with Gasteiger partial charge in [-0.1, -0.05) is 0 Å². The van der Waals surface area contributed by atoms with E-state index in [0.717, 1.165) is 12.0 Å². The summed E-state index contributed by atoms with van der Waals surface area (Å²) in [6, 6.07) is 3.63. The number of likely N-dealkylation sites (tertiary alicyclic amines) is 1. The first-order valence-electron chi connectivity index (χ1n) is 8.26. The van der Waals surface area contributed by atoms with Gasteiger partial charge in [0.1, 0.15) is 6.10 Å². The maximum absolute atomic E-state index is 12.5. The summed E-state index contributed by atoms with van der Waals surface area (Å²) in [5, 5.41) is 3.10. The number of methoxy groups -OCH3 is 1. The number of nitrogens with zero attached hydrogens (tertiary/aromatic N) is 2. The van der Waals surface area contributed by atoms with Crippen molar-refractivity contribution in [2.45, 2.75) is 31.9 Å². The van der Waals surface area contributed by atoms with Crippen LogP contribution in [0.2, 0.25) is 0 Å². The van der Waals surface area contributed by atoms with E-state index in [2.05, 4.69) is 10.3 Å². The largest absolute Gasteiger partial charge is 0.481 e. The Morgan fingerprint density at radius 1 is 1.38 bits per heavy atom. The average molecular weight is 333 g/mol. The lowest BCUT2D eigenvalue weighted by Gasteiger charge is -2.22. The Kier molecular flexibility index (Phi) is 4.99. The van der Waals surface area contributed by atoms with Gasteiger partial charge in [-0.05, 0) is 18.9 Å². The van der Waals surface area contributed by atoms with E-state index in [4.69, 9.17) is 9.47 Å². The molecule has 7 nitrogen and oxygen atoms in total. The van der Waals surface area contributed by atoms with Gasteiger partial charge in [0.05, 0.1) is 19.1 Å². The second-order valence-electron chi connectivity index (χ2n) is 6.28. The maximum Gasteiger partial charge on any atom is 0.225 e. The lowest BCUT2D eigenvalue weighted by molar-refractivity contribution is -0.128. The molecule has 1 aromatic heterocycles. The molecule has 0 aromatic carbocycles. The molecule has 2 saturated heterocycles. The van der Waals surface area contributed by atoms with Crippen LogP contribution in [0.1, 0.15) is 31.4 Å². The molecule has 2 fully saturated rings. The molecule has 24 heavy (non-hydrogen) atoms. The summed E-state index contributed by atoms with van der Waals surface area (Å²) in [4.78, 5) is 29.8. The average Bonchev–Trinajstić information content (AvgIpc) is 3.24. The third kappa shape index (κ3) is 3.51. The Balaban J connectivity index is 1.61. The monoisotopic (exact) mass is 333 g/mol. The SMILES string of the molecule is COc1ccc([C@H]2OCC[C@@H]2NC(=O)[C@@H]2CCN(C(C)=O)C2)cn1. The fourth-order valence-electron chi connectivity index (χ4n) is 3.31. The van der Waals surface area contributed by atoms with Crippen molar-refractivity contribution in [1.29, 1.82) is 0 Å². The van der Waals surface area contributed by atoms with Gasteiger partial charge in [-0.3, -0.25) is 9.59 Å². The van der Waals surface area contributed by atoms with Crippen LogP contribution < -0.4 is 10.1 Å². The van der Waals surface area contributed by atoms with Crippen molar-refractivity contribution in [2.75, 3.05) is 26.8 Å². The number of ether oxygens (including phenoxy) is 2. The number of hydrogen-bond donors (Lipinski definition) is 1. The molecule has 3 heterocycles. The van der Waals surface area contributed by atoms with Gasteiger partial charge in [0.2, 0.25) is 17.7 Å². The predicted octanol–water partition coefficient (Wildman–Crippen LogP) is 0.905. The zero-order chi connectivity index (χ0) is 17.1. The number of aromatic nitrogens is 1. The number of rotatable bonds is 4. The fourth-order valence-corrected chi connectivity index (χ4v) is 3.31. The second kappa shape index (κ2) is 7.17. The number of amides is 2. The maximum atomic E-state index is 12.5. The van der Waals surface area contributed by atoms with Gasteiger partial charge in [0.15, 0.2) is 0 Å². The molecular weight excluding hydrogens is 310 g/mol. The van der Waals surface area contributed by atoms with Crippen LogP contribution in [0.15, 0.2) is 18.3 Å². The molecule has 0 aliphatic carbocycles. The Labute approximate surface area is 141 Å². The summed E-state index contributed by atoms with van der Waals surface area (Å²) in [7, 11) is 1.57. The van der Waals surface area contributed by atoms with E-state index in [0.29, 0.717) is 32.0 Å². The van der Waals surface area contributed by atoms with Crippen molar-refractivity contribution in [3.63, 3.8) is 0 Å². The van der Waals surface area contributed by atoms with Gasteiger partial charge in [0, 0.05) is 44.4 Å². The Morgan fingerprint density at radius 3 is 2.83 bits per heavy atom. The zero-order valence-electron chi connectivity index (χ0n) is 14.0. The highest BCUT2D eigenvalue weighted by atomic mass is 16.5. The molecule has 1 N–H and O–H groups in total. The molecule has 130 valence electrons. The van der Waals surface area contributed by atoms with E-state index in [-0.39, 0.29) is 29.9 Å². The first-order chi connectivity index (χ1) is 11.6. The van der Waals surface area contributed by atoms with E-state index in [1.807, 2.05) is 6.07 Å². The third-order valence-corrected chi connectivity index (χ3v) is 4.72. The molecule has 0 radical (unpaired) electrons. The van der Waals surface area contributed by atoms with Crippen molar-refractivity contribution in [3.8, 4) is 5.88 Å². The lowest BCUT2D eigenvalue weighted by Crippen LogP contribution is -2.41. The first kappa shape index (κ1) is 16.7. The van der Waals surface area contributed by atoms with Gasteiger partial charge < -0.3 is 19.7 Å². The summed E-state index contributed by atoms with van der Waals surface area (Å²) in [6.07, 6.45) is 3.01. The molecule has 1 aromatic rings. The zero-order valence-corrected chi connectivity index (χ0v) is 14.0. The smallest absolute Gasteiger partial charge is 0.225 e. The van der Waals surface area contributed by atoms with Gasteiger partial charge in [-0.15, -0.1) is 0 Å². The van der Waals surface area contributed by atoms with E-state index < -0.39 is 0 Å². The van der Waals surface area contributed by atoms with E-state index in [1.165, 1.54) is 6.92 Å². The van der Waals surface area contributed by atoms with Gasteiger partial charge >= 0.3 is 0 Å². The third-order valence-electron chi connectivity index (χ3n) is 4.72. The Hall–Kier alpha value is -2.15. The summed E-state index contributed by atoms with van der Waals surface area (Å²) >= 11 is 0. The lowest BCUT2D eigenvalue weighted by atomic mass is 10.0. The van der Waals surface area contributed by atoms with Crippen LogP contribution in [0.3, 0.4) is 0 Å². The number of carbonyl (C=O) groups excluding carboxylic acids is 2. The molecule has 7 heteroatoms. The van der Waals surface area contributed by atoms with Crippen LogP contribution in [-0.2, 0) is 14.3 Å². The van der Waals surface area contributed by atoms with Crippen molar-refractivity contribution < 1.29 is 19.1 Å². The molecule has 3 rings (SSSR count). The molecule has 0 spiro atoms. The summed E-state index contributed by atoms with van der Waals surface area (Å²) in [5.41, 5.74) is 0.926. The normalized spacial score (nSPS) is 26.4. The van der Waals surface area contributed by atoms with Gasteiger partial charge in [-0.25, -0.2) is 4.98 Å².